The monoisotopic (exact) mass is 407 g/mol. The number of likely N-dealkylation sites (tertiary alicyclic amines) is 2. The summed E-state index contributed by atoms with van der Waals surface area (Å²) in [5, 5.41) is 0. The Hall–Kier alpha value is -2.37. The molecular formula is C25H33N3O2. The largest absolute Gasteiger partial charge is 0.332 e. The van der Waals surface area contributed by atoms with Gasteiger partial charge in [0.05, 0.1) is 18.3 Å². The molecule has 2 atom stereocenters. The van der Waals surface area contributed by atoms with Crippen LogP contribution < -0.4 is 5.48 Å². The lowest BCUT2D eigenvalue weighted by Crippen LogP contribution is -2.57. The summed E-state index contributed by atoms with van der Waals surface area (Å²) in [6.45, 7) is 7.74. The number of amides is 1. The molecule has 2 aliphatic rings. The summed E-state index contributed by atoms with van der Waals surface area (Å²) >= 11 is 0. The van der Waals surface area contributed by atoms with Gasteiger partial charge in [0.2, 0.25) is 0 Å². The van der Waals surface area contributed by atoms with Crippen LogP contribution in [0.25, 0.3) is 11.1 Å². The van der Waals surface area contributed by atoms with Crippen LogP contribution in [0.1, 0.15) is 49.9 Å². The lowest BCUT2D eigenvalue weighted by molar-refractivity contribution is 0.0381. The lowest BCUT2D eigenvalue weighted by atomic mass is 9.88. The summed E-state index contributed by atoms with van der Waals surface area (Å²) in [7, 11) is 1.61. The van der Waals surface area contributed by atoms with Crippen LogP contribution in [0.15, 0.2) is 48.5 Å². The SMILES string of the molecule is CONc1ccccc1-c1ccc(C(=O)N2CCC[C@]2(C)[C@H](C)N2CCCC2)cc1. The van der Waals surface area contributed by atoms with Crippen LogP contribution in [0.3, 0.4) is 0 Å². The van der Waals surface area contributed by atoms with E-state index in [1.54, 1.807) is 7.11 Å². The van der Waals surface area contributed by atoms with E-state index in [1.165, 1.54) is 12.8 Å². The van der Waals surface area contributed by atoms with Gasteiger partial charge in [-0.25, -0.2) is 0 Å². The molecule has 5 nitrogen and oxygen atoms in total. The molecule has 1 amide bonds. The zero-order valence-electron chi connectivity index (χ0n) is 18.4. The molecule has 2 aliphatic heterocycles. The Morgan fingerprint density at radius 2 is 1.73 bits per heavy atom. The molecule has 2 fully saturated rings. The van der Waals surface area contributed by atoms with Crippen molar-refractivity contribution in [1.29, 1.82) is 0 Å². The van der Waals surface area contributed by atoms with Gasteiger partial charge >= 0.3 is 0 Å². The summed E-state index contributed by atoms with van der Waals surface area (Å²) in [6.07, 6.45) is 4.70. The van der Waals surface area contributed by atoms with Gasteiger partial charge in [-0.3, -0.25) is 20.0 Å². The zero-order chi connectivity index (χ0) is 21.1. The molecule has 0 aliphatic carbocycles. The predicted octanol–water partition coefficient (Wildman–Crippen LogP) is 4.81. The minimum Gasteiger partial charge on any atom is -0.332 e. The number of anilines is 1. The van der Waals surface area contributed by atoms with Crippen LogP contribution in [0.4, 0.5) is 5.69 Å². The topological polar surface area (TPSA) is 44.8 Å². The third kappa shape index (κ3) is 3.84. The second-order valence-electron chi connectivity index (χ2n) is 8.77. The van der Waals surface area contributed by atoms with E-state index in [9.17, 15) is 4.79 Å². The number of carbonyl (C=O) groups is 1. The van der Waals surface area contributed by atoms with Crippen LogP contribution in [0.2, 0.25) is 0 Å². The maximum atomic E-state index is 13.5. The van der Waals surface area contributed by atoms with Crippen molar-refractivity contribution in [1.82, 2.24) is 9.80 Å². The Balaban J connectivity index is 1.55. The maximum Gasteiger partial charge on any atom is 0.254 e. The van der Waals surface area contributed by atoms with E-state index >= 15 is 0 Å². The van der Waals surface area contributed by atoms with Gasteiger partial charge in [-0.1, -0.05) is 30.3 Å². The molecule has 160 valence electrons. The first-order valence-electron chi connectivity index (χ1n) is 11.1. The van der Waals surface area contributed by atoms with Gasteiger partial charge < -0.3 is 4.90 Å². The Morgan fingerprint density at radius 3 is 2.43 bits per heavy atom. The number of benzene rings is 2. The van der Waals surface area contributed by atoms with Gasteiger partial charge in [-0.15, -0.1) is 0 Å². The van der Waals surface area contributed by atoms with E-state index < -0.39 is 0 Å². The van der Waals surface area contributed by atoms with Crippen LogP contribution in [0, 0.1) is 0 Å². The van der Waals surface area contributed by atoms with E-state index in [0.29, 0.717) is 6.04 Å². The minimum absolute atomic E-state index is 0.102. The van der Waals surface area contributed by atoms with Gasteiger partial charge in [0, 0.05) is 23.7 Å². The molecule has 1 N–H and O–H groups in total. The third-order valence-electron chi connectivity index (χ3n) is 7.10. The highest BCUT2D eigenvalue weighted by molar-refractivity contribution is 5.95. The standard InChI is InChI=1S/C25H33N3O2/c1-19(27-16-6-7-17-27)25(2)15-8-18-28(25)24(29)21-13-11-20(12-14-21)22-9-4-5-10-23(22)26-30-3/h4-5,9-14,19,26H,6-8,15-18H2,1-3H3/t19-,25+/m0/s1. The molecule has 2 aromatic rings. The van der Waals surface area contributed by atoms with Gasteiger partial charge in [-0.05, 0) is 76.4 Å². The Labute approximate surface area is 180 Å². The molecule has 0 aromatic heterocycles. The third-order valence-corrected chi connectivity index (χ3v) is 7.10. The molecule has 0 spiro atoms. The highest BCUT2D eigenvalue weighted by atomic mass is 16.6. The van der Waals surface area contributed by atoms with Gasteiger partial charge in [0.1, 0.15) is 0 Å². The first kappa shape index (κ1) is 20.9. The number of rotatable bonds is 6. The molecule has 30 heavy (non-hydrogen) atoms. The van der Waals surface area contributed by atoms with E-state index in [0.717, 1.165) is 54.9 Å². The maximum absolute atomic E-state index is 13.5. The van der Waals surface area contributed by atoms with Gasteiger partial charge in [-0.2, -0.15) is 0 Å². The fourth-order valence-electron chi connectivity index (χ4n) is 5.16. The first-order valence-corrected chi connectivity index (χ1v) is 11.1. The molecule has 0 unspecified atom stereocenters. The first-order chi connectivity index (χ1) is 14.5. The van der Waals surface area contributed by atoms with Crippen molar-refractivity contribution in [3.8, 4) is 11.1 Å². The molecule has 0 saturated carbocycles. The van der Waals surface area contributed by atoms with E-state index in [1.807, 2.05) is 48.5 Å². The summed E-state index contributed by atoms with van der Waals surface area (Å²) in [6, 6.07) is 16.4. The Bertz CT molecular complexity index is 876. The highest BCUT2D eigenvalue weighted by Crippen LogP contribution is 2.37. The summed E-state index contributed by atoms with van der Waals surface area (Å²) in [5.41, 5.74) is 6.60. The number of carbonyl (C=O) groups excluding carboxylic acids is 1. The van der Waals surface area contributed by atoms with Crippen LogP contribution >= 0.6 is 0 Å². The van der Waals surface area contributed by atoms with E-state index in [4.69, 9.17) is 4.84 Å². The van der Waals surface area contributed by atoms with Gasteiger partial charge in [0.15, 0.2) is 0 Å². The number of nitrogens with zero attached hydrogens (tertiary/aromatic N) is 2. The smallest absolute Gasteiger partial charge is 0.254 e. The molecule has 2 heterocycles. The second kappa shape index (κ2) is 8.78. The van der Waals surface area contributed by atoms with E-state index in [2.05, 4.69) is 29.1 Å². The predicted molar refractivity (Wildman–Crippen MR) is 121 cm³/mol. The van der Waals surface area contributed by atoms with Crippen LogP contribution in [0.5, 0.6) is 0 Å². The summed E-state index contributed by atoms with van der Waals surface area (Å²) in [5.74, 6) is 0.149. The van der Waals surface area contributed by atoms with Crippen molar-refractivity contribution >= 4 is 11.6 Å². The van der Waals surface area contributed by atoms with Crippen LogP contribution in [-0.4, -0.2) is 54.0 Å². The molecule has 5 heteroatoms. The quantitative estimate of drug-likeness (QED) is 0.698. The number of hydrogen-bond acceptors (Lipinski definition) is 4. The average molecular weight is 408 g/mol. The molecular weight excluding hydrogens is 374 g/mol. The number of hydrogen-bond donors (Lipinski definition) is 1. The molecule has 2 aromatic carbocycles. The van der Waals surface area contributed by atoms with Crippen molar-refractivity contribution in [2.75, 3.05) is 32.2 Å². The molecule has 2 saturated heterocycles. The molecule has 0 radical (unpaired) electrons. The summed E-state index contributed by atoms with van der Waals surface area (Å²) < 4.78 is 0. The lowest BCUT2D eigenvalue weighted by Gasteiger charge is -2.44. The van der Waals surface area contributed by atoms with Crippen molar-refractivity contribution in [3.05, 3.63) is 54.1 Å². The van der Waals surface area contributed by atoms with E-state index in [-0.39, 0.29) is 11.4 Å². The second-order valence-corrected chi connectivity index (χ2v) is 8.77. The van der Waals surface area contributed by atoms with Gasteiger partial charge in [0.25, 0.3) is 5.91 Å². The Kier molecular flexibility index (Phi) is 6.11. The molecule has 4 rings (SSSR count). The van der Waals surface area contributed by atoms with Crippen molar-refractivity contribution in [2.45, 2.75) is 51.1 Å². The summed E-state index contributed by atoms with van der Waals surface area (Å²) in [4.78, 5) is 23.3. The van der Waals surface area contributed by atoms with Crippen molar-refractivity contribution in [2.24, 2.45) is 0 Å². The highest BCUT2D eigenvalue weighted by Gasteiger charge is 2.46. The Morgan fingerprint density at radius 1 is 1.03 bits per heavy atom. The normalized spacial score (nSPS) is 23.0. The fourth-order valence-corrected chi connectivity index (χ4v) is 5.16. The minimum atomic E-state index is -0.102. The molecule has 0 bridgehead atoms. The van der Waals surface area contributed by atoms with Crippen molar-refractivity contribution < 1.29 is 9.63 Å². The fraction of sp³-hybridized carbons (Fsp3) is 0.480. The number of para-hydroxylation sites is 1. The zero-order valence-corrected chi connectivity index (χ0v) is 18.4. The average Bonchev–Trinajstić information content (AvgIpc) is 3.44. The van der Waals surface area contributed by atoms with Crippen molar-refractivity contribution in [3.63, 3.8) is 0 Å². The van der Waals surface area contributed by atoms with Crippen LogP contribution in [-0.2, 0) is 4.84 Å². The number of nitrogens with one attached hydrogen (secondary N) is 1.